The number of hydrogen-bond acceptors (Lipinski definition) is 6. The first-order chi connectivity index (χ1) is 9.61. The second-order valence-electron chi connectivity index (χ2n) is 4.03. The van der Waals surface area contributed by atoms with Gasteiger partial charge < -0.3 is 9.15 Å². The van der Waals surface area contributed by atoms with Crippen molar-refractivity contribution in [3.63, 3.8) is 0 Å². The summed E-state index contributed by atoms with van der Waals surface area (Å²) < 4.78 is 10.2. The van der Waals surface area contributed by atoms with Crippen LogP contribution in [0.25, 0.3) is 6.08 Å². The first-order valence-electron chi connectivity index (χ1n) is 5.97. The van der Waals surface area contributed by atoms with Gasteiger partial charge in [-0.05, 0) is 18.6 Å². The van der Waals surface area contributed by atoms with Gasteiger partial charge in [0.05, 0.1) is 18.3 Å². The maximum atomic E-state index is 12.2. The highest BCUT2D eigenvalue weighted by molar-refractivity contribution is 8.26. The van der Waals surface area contributed by atoms with Crippen LogP contribution in [0.5, 0.6) is 0 Å². The quantitative estimate of drug-likeness (QED) is 0.473. The predicted molar refractivity (Wildman–Crippen MR) is 79.8 cm³/mol. The van der Waals surface area contributed by atoms with Crippen molar-refractivity contribution in [2.45, 2.75) is 12.8 Å². The van der Waals surface area contributed by atoms with Crippen LogP contribution in [0.15, 0.2) is 27.7 Å². The molecule has 0 saturated carbocycles. The predicted octanol–water partition coefficient (Wildman–Crippen LogP) is 2.43. The van der Waals surface area contributed by atoms with Crippen LogP contribution in [-0.2, 0) is 14.3 Å². The van der Waals surface area contributed by atoms with Crippen molar-refractivity contribution in [2.24, 2.45) is 0 Å². The van der Waals surface area contributed by atoms with E-state index in [4.69, 9.17) is 16.6 Å². The van der Waals surface area contributed by atoms with E-state index in [0.29, 0.717) is 28.0 Å². The molecule has 1 fully saturated rings. The van der Waals surface area contributed by atoms with Gasteiger partial charge in [0.1, 0.15) is 10.1 Å². The van der Waals surface area contributed by atoms with E-state index in [2.05, 4.69) is 4.74 Å². The Hall–Kier alpha value is -1.60. The van der Waals surface area contributed by atoms with Gasteiger partial charge in [0.15, 0.2) is 0 Å². The fourth-order valence-corrected chi connectivity index (χ4v) is 2.97. The summed E-state index contributed by atoms with van der Waals surface area (Å²) >= 11 is 6.42. The van der Waals surface area contributed by atoms with Crippen LogP contribution >= 0.6 is 24.0 Å². The summed E-state index contributed by atoms with van der Waals surface area (Å²) in [4.78, 5) is 25.2. The number of furan rings is 1. The lowest BCUT2D eigenvalue weighted by Crippen LogP contribution is -2.29. The van der Waals surface area contributed by atoms with Gasteiger partial charge >= 0.3 is 5.97 Å². The Kier molecular flexibility index (Phi) is 4.97. The first kappa shape index (κ1) is 14.8. The maximum Gasteiger partial charge on any atom is 0.305 e. The van der Waals surface area contributed by atoms with Crippen molar-refractivity contribution in [3.05, 3.63) is 29.1 Å². The molecule has 2 rings (SSSR count). The van der Waals surface area contributed by atoms with Crippen LogP contribution in [0.1, 0.15) is 18.6 Å². The average Bonchev–Trinajstić information content (AvgIpc) is 3.02. The van der Waals surface area contributed by atoms with Crippen LogP contribution in [0.2, 0.25) is 0 Å². The maximum absolute atomic E-state index is 12.2. The summed E-state index contributed by atoms with van der Waals surface area (Å²) in [5.74, 6) is 0.169. The van der Waals surface area contributed by atoms with E-state index in [0.717, 1.165) is 0 Å². The number of thiocarbonyl (C=S) groups is 1. The minimum absolute atomic E-state index is 0.152. The Balaban J connectivity index is 1.97. The van der Waals surface area contributed by atoms with Gasteiger partial charge in [0, 0.05) is 19.0 Å². The monoisotopic (exact) mass is 311 g/mol. The fraction of sp³-hybridized carbons (Fsp3) is 0.308. The third kappa shape index (κ3) is 3.49. The topological polar surface area (TPSA) is 59.8 Å². The van der Waals surface area contributed by atoms with E-state index in [1.165, 1.54) is 23.8 Å². The zero-order valence-electron chi connectivity index (χ0n) is 10.8. The molecule has 2 heterocycles. The first-order valence-corrected chi connectivity index (χ1v) is 7.20. The largest absolute Gasteiger partial charge is 0.469 e. The number of amides is 1. The highest BCUT2D eigenvalue weighted by Gasteiger charge is 2.31. The molecule has 7 heteroatoms. The molecule has 0 N–H and O–H groups in total. The summed E-state index contributed by atoms with van der Waals surface area (Å²) in [6.45, 7) is 0.412. The molecule has 0 radical (unpaired) electrons. The number of ether oxygens (including phenoxy) is 1. The van der Waals surface area contributed by atoms with Gasteiger partial charge in [-0.25, -0.2) is 0 Å². The molecule has 1 aliphatic heterocycles. The van der Waals surface area contributed by atoms with Crippen LogP contribution < -0.4 is 0 Å². The van der Waals surface area contributed by atoms with Crippen LogP contribution in [-0.4, -0.2) is 34.8 Å². The molecule has 5 nitrogen and oxygen atoms in total. The van der Waals surface area contributed by atoms with Crippen LogP contribution in [0.4, 0.5) is 0 Å². The molecular weight excluding hydrogens is 298 g/mol. The van der Waals surface area contributed by atoms with E-state index < -0.39 is 0 Å². The molecule has 0 atom stereocenters. The Labute approximate surface area is 125 Å². The number of rotatable bonds is 5. The van der Waals surface area contributed by atoms with Crippen LogP contribution in [0.3, 0.4) is 0 Å². The minimum Gasteiger partial charge on any atom is -0.469 e. The van der Waals surface area contributed by atoms with Crippen molar-refractivity contribution in [1.82, 2.24) is 4.90 Å². The van der Waals surface area contributed by atoms with Crippen molar-refractivity contribution < 1.29 is 18.7 Å². The van der Waals surface area contributed by atoms with Crippen molar-refractivity contribution >= 4 is 46.3 Å². The van der Waals surface area contributed by atoms with Gasteiger partial charge in [-0.1, -0.05) is 24.0 Å². The van der Waals surface area contributed by atoms with Crippen LogP contribution in [0, 0.1) is 0 Å². The van der Waals surface area contributed by atoms with Crippen molar-refractivity contribution in [1.29, 1.82) is 0 Å². The SMILES string of the molecule is COC(=O)CCCN1C(=O)C(=Cc2ccco2)SC1=S. The van der Waals surface area contributed by atoms with Gasteiger partial charge in [-0.2, -0.15) is 0 Å². The zero-order chi connectivity index (χ0) is 14.5. The molecule has 0 bridgehead atoms. The minimum atomic E-state index is -0.290. The number of hydrogen-bond donors (Lipinski definition) is 0. The molecule has 20 heavy (non-hydrogen) atoms. The Morgan fingerprint density at radius 2 is 2.40 bits per heavy atom. The van der Waals surface area contributed by atoms with Crippen molar-refractivity contribution in [2.75, 3.05) is 13.7 Å². The standard InChI is InChI=1S/C13H13NO4S2/c1-17-11(15)5-2-6-14-12(16)10(20-13(14)19)8-9-4-3-7-18-9/h3-4,7-8H,2,5-6H2,1H3. The number of nitrogens with zero attached hydrogens (tertiary/aromatic N) is 1. The van der Waals surface area contributed by atoms with Gasteiger partial charge in [0.2, 0.25) is 0 Å². The Morgan fingerprint density at radius 1 is 1.60 bits per heavy atom. The molecule has 0 aliphatic carbocycles. The van der Waals surface area contributed by atoms with E-state index in [-0.39, 0.29) is 18.3 Å². The smallest absolute Gasteiger partial charge is 0.305 e. The zero-order valence-corrected chi connectivity index (χ0v) is 12.5. The fourth-order valence-electron chi connectivity index (χ4n) is 1.68. The molecule has 0 aromatic carbocycles. The Morgan fingerprint density at radius 3 is 3.05 bits per heavy atom. The molecule has 1 amide bonds. The number of thioether (sulfide) groups is 1. The molecule has 106 valence electrons. The number of esters is 1. The second-order valence-corrected chi connectivity index (χ2v) is 5.70. The summed E-state index contributed by atoms with van der Waals surface area (Å²) in [6, 6.07) is 3.52. The van der Waals surface area contributed by atoms with E-state index in [9.17, 15) is 9.59 Å². The van der Waals surface area contributed by atoms with Gasteiger partial charge in [-0.15, -0.1) is 0 Å². The van der Waals surface area contributed by atoms with Gasteiger partial charge in [0.25, 0.3) is 5.91 Å². The lowest BCUT2D eigenvalue weighted by atomic mass is 10.3. The molecule has 0 spiro atoms. The average molecular weight is 311 g/mol. The Bertz CT molecular complexity index is 551. The summed E-state index contributed by atoms with van der Waals surface area (Å²) in [5.41, 5.74) is 0. The molecule has 1 aromatic heterocycles. The third-order valence-corrected chi connectivity index (χ3v) is 4.06. The number of carbonyl (C=O) groups excluding carboxylic acids is 2. The normalized spacial score (nSPS) is 17.1. The molecular formula is C13H13NO4S2. The highest BCUT2D eigenvalue weighted by atomic mass is 32.2. The van der Waals surface area contributed by atoms with E-state index in [1.807, 2.05) is 0 Å². The lowest BCUT2D eigenvalue weighted by molar-refractivity contribution is -0.141. The number of methoxy groups -OCH3 is 1. The molecule has 1 aliphatic rings. The van der Waals surface area contributed by atoms with Crippen molar-refractivity contribution in [3.8, 4) is 0 Å². The summed E-state index contributed by atoms with van der Waals surface area (Å²) in [5, 5.41) is 0. The third-order valence-electron chi connectivity index (χ3n) is 2.68. The number of carbonyl (C=O) groups is 2. The second kappa shape index (κ2) is 6.71. The lowest BCUT2D eigenvalue weighted by Gasteiger charge is -2.13. The van der Waals surface area contributed by atoms with E-state index >= 15 is 0 Å². The molecule has 0 unspecified atom stereocenters. The molecule has 1 saturated heterocycles. The highest BCUT2D eigenvalue weighted by Crippen LogP contribution is 2.32. The summed E-state index contributed by atoms with van der Waals surface area (Å²) in [6.07, 6.45) is 4.00. The van der Waals surface area contributed by atoms with E-state index in [1.54, 1.807) is 24.5 Å². The summed E-state index contributed by atoms with van der Waals surface area (Å²) in [7, 11) is 1.34. The molecule has 1 aromatic rings. The van der Waals surface area contributed by atoms with Gasteiger partial charge in [-0.3, -0.25) is 14.5 Å².